The number of hydrogen-bond acceptors (Lipinski definition) is 2. The number of benzene rings is 1. The Morgan fingerprint density at radius 1 is 1.18 bits per heavy atom. The van der Waals surface area contributed by atoms with Gasteiger partial charge in [-0.25, -0.2) is 4.79 Å². The first-order chi connectivity index (χ1) is 7.78. The Bertz CT molecular complexity index is 374. The molecule has 1 rings (SSSR count). The Kier molecular flexibility index (Phi) is 4.63. The molecule has 0 N–H and O–H groups in total. The zero-order valence-corrected chi connectivity index (χ0v) is 12.1. The molecule has 0 heterocycles. The Labute approximate surface area is 107 Å². The van der Waals surface area contributed by atoms with Crippen molar-refractivity contribution in [2.24, 2.45) is 0 Å². The first-order valence-corrected chi connectivity index (χ1v) is 7.85. The molecule has 0 atom stereocenters. The summed E-state index contributed by atoms with van der Waals surface area (Å²) < 4.78 is 5.31. The van der Waals surface area contributed by atoms with Crippen molar-refractivity contribution in [2.45, 2.75) is 32.1 Å². The maximum Gasteiger partial charge on any atom is 0.338 e. The maximum atomic E-state index is 11.8. The van der Waals surface area contributed by atoms with Gasteiger partial charge in [-0.1, -0.05) is 12.1 Å². The second-order valence-electron chi connectivity index (χ2n) is 5.33. The van der Waals surface area contributed by atoms with Gasteiger partial charge in [0, 0.05) is 5.56 Å². The highest BCUT2D eigenvalue weighted by Crippen LogP contribution is 2.13. The van der Waals surface area contributed by atoms with E-state index in [-0.39, 0.29) is 5.97 Å². The van der Waals surface area contributed by atoms with E-state index in [2.05, 4.69) is 12.5 Å². The lowest BCUT2D eigenvalue weighted by molar-refractivity contribution is 0.00695. The molecule has 0 saturated heterocycles. The van der Waals surface area contributed by atoms with Crippen molar-refractivity contribution in [1.82, 2.24) is 0 Å². The Morgan fingerprint density at radius 3 is 2.12 bits per heavy atom. The van der Waals surface area contributed by atoms with Crippen molar-refractivity contribution < 1.29 is 9.53 Å². The summed E-state index contributed by atoms with van der Waals surface area (Å²) >= 11 is 0. The molecule has 0 saturated carbocycles. The van der Waals surface area contributed by atoms with Crippen molar-refractivity contribution in [3.05, 3.63) is 35.4 Å². The molecule has 0 fully saturated rings. The first kappa shape index (κ1) is 14.1. The lowest BCUT2D eigenvalue weighted by Gasteiger charge is -2.19. The lowest BCUT2D eigenvalue weighted by Crippen LogP contribution is -2.23. The van der Waals surface area contributed by atoms with Gasteiger partial charge in [-0.05, 0) is 43.8 Å². The van der Waals surface area contributed by atoms with Crippen molar-refractivity contribution in [2.75, 3.05) is 12.5 Å². The van der Waals surface area contributed by atoms with Gasteiger partial charge in [0.25, 0.3) is 0 Å². The second-order valence-corrected chi connectivity index (χ2v) is 7.59. The van der Waals surface area contributed by atoms with Crippen molar-refractivity contribution in [3.8, 4) is 0 Å². The largest absolute Gasteiger partial charge is 0.456 e. The van der Waals surface area contributed by atoms with Crippen LogP contribution in [-0.4, -0.2) is 24.1 Å². The molecule has 0 aromatic heterocycles. The van der Waals surface area contributed by atoms with Crippen molar-refractivity contribution in [3.63, 3.8) is 0 Å². The lowest BCUT2D eigenvalue weighted by atomic mass is 10.1. The summed E-state index contributed by atoms with van der Waals surface area (Å²) in [4.78, 5) is 11.8. The van der Waals surface area contributed by atoms with Gasteiger partial charge in [0.15, 0.2) is 0 Å². The second kappa shape index (κ2) is 5.58. The molecule has 0 aliphatic carbocycles. The third-order valence-corrected chi connectivity index (χ3v) is 2.95. The van der Waals surface area contributed by atoms with Gasteiger partial charge in [-0.15, -0.1) is 0 Å². The third-order valence-electron chi connectivity index (χ3n) is 2.04. The average molecular weight is 253 g/mol. The molecule has 0 spiro atoms. The predicted molar refractivity (Wildman–Crippen MR) is 74.5 cm³/mol. The van der Waals surface area contributed by atoms with Gasteiger partial charge in [-0.3, -0.25) is 0 Å². The monoisotopic (exact) mass is 253 g/mol. The Balaban J connectivity index is 2.71. The van der Waals surface area contributed by atoms with Crippen LogP contribution >= 0.6 is 0 Å². The summed E-state index contributed by atoms with van der Waals surface area (Å²) in [5.41, 5.74) is 1.45. The van der Waals surface area contributed by atoms with E-state index in [1.165, 1.54) is 5.56 Å². The number of carbonyl (C=O) groups is 1. The fourth-order valence-corrected chi connectivity index (χ4v) is 2.27. The normalized spacial score (nSPS) is 11.6. The molecule has 1 aromatic carbocycles. The smallest absolute Gasteiger partial charge is 0.338 e. The number of carbonyl (C=O) groups excluding carboxylic acids is 1. The summed E-state index contributed by atoms with van der Waals surface area (Å²) in [6.45, 7) is 5.62. The van der Waals surface area contributed by atoms with E-state index in [0.717, 1.165) is 5.75 Å². The molecule has 0 amide bonds. The molecule has 1 aromatic rings. The van der Waals surface area contributed by atoms with E-state index >= 15 is 0 Å². The van der Waals surface area contributed by atoms with E-state index in [1.54, 1.807) is 0 Å². The van der Waals surface area contributed by atoms with E-state index in [1.807, 2.05) is 45.0 Å². The standard InChI is InChI=1S/C14H21O2S/c1-14(2,3)16-13(15)12-8-6-11(7-9-12)10-17(4)5/h6-9H,10H2,1-5H3/q+1. The molecule has 0 unspecified atom stereocenters. The molecule has 0 aliphatic heterocycles. The third kappa shape index (κ3) is 5.26. The average Bonchev–Trinajstić information content (AvgIpc) is 2.15. The van der Waals surface area contributed by atoms with Crippen molar-refractivity contribution in [1.29, 1.82) is 0 Å². The highest BCUT2D eigenvalue weighted by Gasteiger charge is 2.17. The van der Waals surface area contributed by atoms with Crippen LogP contribution in [0, 0.1) is 0 Å². The minimum Gasteiger partial charge on any atom is -0.456 e. The molecule has 0 radical (unpaired) electrons. The highest BCUT2D eigenvalue weighted by atomic mass is 32.2. The molecule has 0 bridgehead atoms. The zero-order chi connectivity index (χ0) is 13.1. The molecule has 2 nitrogen and oxygen atoms in total. The van der Waals surface area contributed by atoms with Gasteiger partial charge in [0.2, 0.25) is 0 Å². The molecular formula is C14H21O2S+. The zero-order valence-electron chi connectivity index (χ0n) is 11.2. The SMILES string of the molecule is C[S+](C)Cc1ccc(C(=O)OC(C)(C)C)cc1. The minimum atomic E-state index is -0.435. The number of hydrogen-bond donors (Lipinski definition) is 0. The molecule has 0 aliphatic rings. The molecule has 94 valence electrons. The highest BCUT2D eigenvalue weighted by molar-refractivity contribution is 7.94. The summed E-state index contributed by atoms with van der Waals surface area (Å²) in [5, 5.41) is 0. The van der Waals surface area contributed by atoms with Crippen LogP contribution in [0.1, 0.15) is 36.7 Å². The van der Waals surface area contributed by atoms with Gasteiger partial charge < -0.3 is 4.74 Å². The number of rotatable bonds is 3. The van der Waals surface area contributed by atoms with Gasteiger partial charge in [-0.2, -0.15) is 0 Å². The van der Waals surface area contributed by atoms with Gasteiger partial charge >= 0.3 is 5.97 Å². The van der Waals surface area contributed by atoms with E-state index < -0.39 is 5.60 Å². The fourth-order valence-electron chi connectivity index (χ4n) is 1.41. The van der Waals surface area contributed by atoms with Crippen LogP contribution in [0.2, 0.25) is 0 Å². The molecule has 17 heavy (non-hydrogen) atoms. The maximum absolute atomic E-state index is 11.8. The van der Waals surface area contributed by atoms with Crippen LogP contribution in [0.4, 0.5) is 0 Å². The van der Waals surface area contributed by atoms with Crippen molar-refractivity contribution >= 4 is 16.9 Å². The van der Waals surface area contributed by atoms with Gasteiger partial charge in [0.1, 0.15) is 11.4 Å². The predicted octanol–water partition coefficient (Wildman–Crippen LogP) is 3.02. The van der Waals surface area contributed by atoms with Gasteiger partial charge in [0.05, 0.1) is 18.1 Å². The minimum absolute atomic E-state index is 0.254. The quantitative estimate of drug-likeness (QED) is 0.611. The Morgan fingerprint density at radius 2 is 1.71 bits per heavy atom. The molecular weight excluding hydrogens is 232 g/mol. The van der Waals surface area contributed by atoms with Crippen LogP contribution < -0.4 is 0 Å². The molecule has 3 heteroatoms. The first-order valence-electron chi connectivity index (χ1n) is 5.64. The number of esters is 1. The van der Waals surface area contributed by atoms with Crippen LogP contribution in [0.5, 0.6) is 0 Å². The topological polar surface area (TPSA) is 26.3 Å². The van der Waals surface area contributed by atoms with Crippen LogP contribution in [0.25, 0.3) is 0 Å². The van der Waals surface area contributed by atoms with E-state index in [4.69, 9.17) is 4.74 Å². The van der Waals surface area contributed by atoms with Crippen LogP contribution in [-0.2, 0) is 21.4 Å². The summed E-state index contributed by atoms with van der Waals surface area (Å²) in [6.07, 6.45) is 4.42. The van der Waals surface area contributed by atoms with Crippen LogP contribution in [0.3, 0.4) is 0 Å². The van der Waals surface area contributed by atoms with E-state index in [0.29, 0.717) is 16.5 Å². The summed E-state index contributed by atoms with van der Waals surface area (Å²) in [5.74, 6) is 0.810. The summed E-state index contributed by atoms with van der Waals surface area (Å²) in [7, 11) is 0.384. The Hall–Kier alpha value is -0.960. The fraction of sp³-hybridized carbons (Fsp3) is 0.500. The number of ether oxygens (including phenoxy) is 1. The van der Waals surface area contributed by atoms with E-state index in [9.17, 15) is 4.79 Å². The van der Waals surface area contributed by atoms with Crippen LogP contribution in [0.15, 0.2) is 24.3 Å². The summed E-state index contributed by atoms with van der Waals surface area (Å²) in [6, 6.07) is 7.70.